The van der Waals surface area contributed by atoms with Crippen LogP contribution in [0.15, 0.2) is 48.7 Å². The van der Waals surface area contributed by atoms with Gasteiger partial charge in [-0.15, -0.1) is 0 Å². The Hall–Kier alpha value is -2.12. The van der Waals surface area contributed by atoms with Gasteiger partial charge in [0, 0.05) is 45.0 Å². The van der Waals surface area contributed by atoms with E-state index in [1.165, 1.54) is 12.3 Å². The lowest BCUT2D eigenvalue weighted by Crippen LogP contribution is -2.53. The summed E-state index contributed by atoms with van der Waals surface area (Å²) in [4.78, 5) is 7.90. The van der Waals surface area contributed by atoms with Gasteiger partial charge < -0.3 is 10.0 Å². The van der Waals surface area contributed by atoms with E-state index < -0.39 is 11.7 Å². The number of aromatic nitrogens is 1. The number of alkyl halides is 3. The van der Waals surface area contributed by atoms with Crippen molar-refractivity contribution in [3.8, 4) is 0 Å². The van der Waals surface area contributed by atoms with Gasteiger partial charge in [-0.25, -0.2) is 4.98 Å². The number of rotatable bonds is 5. The summed E-state index contributed by atoms with van der Waals surface area (Å²) < 4.78 is 39.9. The highest BCUT2D eigenvalue weighted by Gasteiger charge is 2.37. The minimum Gasteiger partial charge on any atom is -0.396 e. The fourth-order valence-corrected chi connectivity index (χ4v) is 3.40. The number of hydrogen-bond donors (Lipinski definition) is 1. The third-order valence-electron chi connectivity index (χ3n) is 4.69. The largest absolute Gasteiger partial charge is 0.419 e. The first-order valence-electron chi connectivity index (χ1n) is 8.65. The van der Waals surface area contributed by atoms with Gasteiger partial charge >= 0.3 is 6.18 Å². The normalized spacial score (nSPS) is 18.9. The summed E-state index contributed by atoms with van der Waals surface area (Å²) in [5, 5.41) is 9.40. The molecule has 1 saturated heterocycles. The van der Waals surface area contributed by atoms with Crippen molar-refractivity contribution in [2.45, 2.75) is 25.2 Å². The summed E-state index contributed by atoms with van der Waals surface area (Å²) in [6.07, 6.45) is -2.53. The van der Waals surface area contributed by atoms with E-state index in [1.807, 2.05) is 30.3 Å². The fourth-order valence-electron chi connectivity index (χ4n) is 3.40. The quantitative estimate of drug-likeness (QED) is 0.884. The van der Waals surface area contributed by atoms with E-state index in [2.05, 4.69) is 9.88 Å². The Balaban J connectivity index is 1.78. The van der Waals surface area contributed by atoms with Crippen molar-refractivity contribution in [1.29, 1.82) is 0 Å². The van der Waals surface area contributed by atoms with Gasteiger partial charge in [0.25, 0.3) is 0 Å². The third-order valence-corrected chi connectivity index (χ3v) is 4.69. The predicted octanol–water partition coefficient (Wildman–Crippen LogP) is 3.17. The number of nitrogens with zero attached hydrogens (tertiary/aromatic N) is 3. The molecule has 2 aromatic rings. The van der Waals surface area contributed by atoms with Crippen LogP contribution in [0, 0.1) is 0 Å². The minimum absolute atomic E-state index is 0.00184. The number of pyridine rings is 1. The molecule has 7 heteroatoms. The van der Waals surface area contributed by atoms with Crippen LogP contribution in [0.5, 0.6) is 0 Å². The number of halogens is 3. The van der Waals surface area contributed by atoms with E-state index in [0.29, 0.717) is 32.6 Å². The number of anilines is 1. The van der Waals surface area contributed by atoms with Crippen molar-refractivity contribution in [2.75, 3.05) is 31.1 Å². The highest BCUT2D eigenvalue weighted by atomic mass is 19.4. The molecule has 0 aliphatic carbocycles. The number of benzene rings is 1. The molecule has 0 saturated carbocycles. The smallest absolute Gasteiger partial charge is 0.396 e. The summed E-state index contributed by atoms with van der Waals surface area (Å²) in [6, 6.07) is 12.3. The zero-order valence-corrected chi connectivity index (χ0v) is 14.4. The van der Waals surface area contributed by atoms with Crippen LogP contribution in [-0.2, 0) is 12.7 Å². The molecule has 1 aliphatic heterocycles. The SMILES string of the molecule is OCC[C@H]1CN(c2ncccc2C(F)(F)F)CCN1Cc1ccccc1. The molecule has 26 heavy (non-hydrogen) atoms. The molecule has 1 fully saturated rings. The fraction of sp³-hybridized carbons (Fsp3) is 0.421. The van der Waals surface area contributed by atoms with Crippen molar-refractivity contribution >= 4 is 5.82 Å². The molecule has 1 aliphatic rings. The van der Waals surface area contributed by atoms with Gasteiger partial charge in [0.05, 0.1) is 5.56 Å². The average Bonchev–Trinajstić information content (AvgIpc) is 2.63. The number of hydrogen-bond acceptors (Lipinski definition) is 4. The third kappa shape index (κ3) is 4.34. The zero-order valence-electron chi connectivity index (χ0n) is 14.4. The van der Waals surface area contributed by atoms with Crippen LogP contribution in [0.1, 0.15) is 17.5 Å². The summed E-state index contributed by atoms with van der Waals surface area (Å²) in [5.41, 5.74) is 0.442. The first-order valence-corrected chi connectivity index (χ1v) is 8.65. The molecule has 1 atom stereocenters. The van der Waals surface area contributed by atoms with Crippen LogP contribution >= 0.6 is 0 Å². The molecule has 140 valence electrons. The Morgan fingerprint density at radius 2 is 1.85 bits per heavy atom. The van der Waals surface area contributed by atoms with Gasteiger partial charge in [0.15, 0.2) is 0 Å². The van der Waals surface area contributed by atoms with Crippen LogP contribution in [0.25, 0.3) is 0 Å². The maximum atomic E-state index is 13.3. The molecule has 3 rings (SSSR count). The standard InChI is InChI=1S/C19H22F3N3O/c20-19(21,22)17-7-4-9-23-18(17)25-11-10-24(16(14-25)8-12-26)13-15-5-2-1-3-6-15/h1-7,9,16,26H,8,10-14H2/t16-/m0/s1. The van der Waals surface area contributed by atoms with E-state index in [9.17, 15) is 18.3 Å². The van der Waals surface area contributed by atoms with E-state index >= 15 is 0 Å². The van der Waals surface area contributed by atoms with Crippen molar-refractivity contribution in [3.05, 3.63) is 59.8 Å². The molecule has 1 N–H and O–H groups in total. The first kappa shape index (κ1) is 18.7. The first-order chi connectivity index (χ1) is 12.5. The molecule has 0 bridgehead atoms. The highest BCUT2D eigenvalue weighted by Crippen LogP contribution is 2.36. The maximum absolute atomic E-state index is 13.3. The number of aliphatic hydroxyl groups excluding tert-OH is 1. The second-order valence-electron chi connectivity index (χ2n) is 6.44. The van der Waals surface area contributed by atoms with Gasteiger partial charge in [-0.05, 0) is 24.1 Å². The monoisotopic (exact) mass is 365 g/mol. The van der Waals surface area contributed by atoms with Crippen molar-refractivity contribution < 1.29 is 18.3 Å². The molecule has 1 aromatic carbocycles. The molecule has 0 spiro atoms. The summed E-state index contributed by atoms with van der Waals surface area (Å²) in [6.45, 7) is 2.21. The van der Waals surface area contributed by atoms with Gasteiger partial charge in [-0.1, -0.05) is 30.3 Å². The molecule has 0 radical (unpaired) electrons. The molecule has 1 aromatic heterocycles. The molecular weight excluding hydrogens is 343 g/mol. The lowest BCUT2D eigenvalue weighted by molar-refractivity contribution is -0.137. The Labute approximate surface area is 150 Å². The second kappa shape index (κ2) is 8.05. The van der Waals surface area contributed by atoms with Crippen molar-refractivity contribution in [3.63, 3.8) is 0 Å². The lowest BCUT2D eigenvalue weighted by Gasteiger charge is -2.42. The molecule has 0 amide bonds. The van der Waals surface area contributed by atoms with Crippen LogP contribution < -0.4 is 4.90 Å². The Bertz CT molecular complexity index is 709. The van der Waals surface area contributed by atoms with Gasteiger partial charge in [-0.3, -0.25) is 4.90 Å². The van der Waals surface area contributed by atoms with Gasteiger partial charge in [-0.2, -0.15) is 13.2 Å². The summed E-state index contributed by atoms with van der Waals surface area (Å²) in [7, 11) is 0. The Kier molecular flexibility index (Phi) is 5.78. The maximum Gasteiger partial charge on any atom is 0.419 e. The van der Waals surface area contributed by atoms with E-state index in [1.54, 1.807) is 4.90 Å². The van der Waals surface area contributed by atoms with E-state index in [-0.39, 0.29) is 18.5 Å². The molecule has 4 nitrogen and oxygen atoms in total. The molecule has 0 unspecified atom stereocenters. The minimum atomic E-state index is -4.43. The summed E-state index contributed by atoms with van der Waals surface area (Å²) in [5.74, 6) is -0.0256. The van der Waals surface area contributed by atoms with Crippen LogP contribution in [0.4, 0.5) is 19.0 Å². The Morgan fingerprint density at radius 1 is 1.08 bits per heavy atom. The van der Waals surface area contributed by atoms with Gasteiger partial charge in [0.1, 0.15) is 5.82 Å². The highest BCUT2D eigenvalue weighted by molar-refractivity contribution is 5.49. The summed E-state index contributed by atoms with van der Waals surface area (Å²) >= 11 is 0. The topological polar surface area (TPSA) is 39.6 Å². The number of piperazine rings is 1. The zero-order chi connectivity index (χ0) is 18.6. The van der Waals surface area contributed by atoms with Crippen LogP contribution in [-0.4, -0.2) is 47.3 Å². The van der Waals surface area contributed by atoms with Crippen molar-refractivity contribution in [2.24, 2.45) is 0 Å². The average molecular weight is 365 g/mol. The molecular formula is C19H22F3N3O. The van der Waals surface area contributed by atoms with Crippen molar-refractivity contribution in [1.82, 2.24) is 9.88 Å². The second-order valence-corrected chi connectivity index (χ2v) is 6.44. The predicted molar refractivity (Wildman–Crippen MR) is 93.8 cm³/mol. The van der Waals surface area contributed by atoms with Crippen LogP contribution in [0.3, 0.4) is 0 Å². The molecule has 2 heterocycles. The van der Waals surface area contributed by atoms with E-state index in [4.69, 9.17) is 0 Å². The van der Waals surface area contributed by atoms with E-state index in [0.717, 1.165) is 11.6 Å². The van der Waals surface area contributed by atoms with Gasteiger partial charge in [0.2, 0.25) is 0 Å². The number of aliphatic hydroxyl groups is 1. The Morgan fingerprint density at radius 3 is 2.54 bits per heavy atom. The lowest BCUT2D eigenvalue weighted by atomic mass is 10.1. The van der Waals surface area contributed by atoms with Crippen LogP contribution in [0.2, 0.25) is 0 Å².